The maximum absolute atomic E-state index is 10.9. The van der Waals surface area contributed by atoms with E-state index in [0.717, 1.165) is 22.6 Å². The van der Waals surface area contributed by atoms with Gasteiger partial charge in [0.15, 0.2) is 0 Å². The van der Waals surface area contributed by atoms with Crippen LogP contribution >= 0.6 is 27.5 Å². The third-order valence-electron chi connectivity index (χ3n) is 4.07. The third kappa shape index (κ3) is 5.11. The third-order valence-corrected chi connectivity index (χ3v) is 5.11. The summed E-state index contributed by atoms with van der Waals surface area (Å²) in [6.45, 7) is 2.24. The molecule has 0 aliphatic carbocycles. The molecule has 0 bridgehead atoms. The number of carboxylic acids is 1. The van der Waals surface area contributed by atoms with Gasteiger partial charge >= 0.3 is 5.97 Å². The molecular weight excluding hydrogens is 448 g/mol. The second kappa shape index (κ2) is 9.21. The number of benzene rings is 1. The monoisotopic (exact) mass is 464 g/mol. The van der Waals surface area contributed by atoms with Crippen LogP contribution in [0.4, 0.5) is 0 Å². The summed E-state index contributed by atoms with van der Waals surface area (Å²) in [5, 5.41) is 9.51. The largest absolute Gasteiger partial charge is 0.480 e. The fourth-order valence-corrected chi connectivity index (χ4v) is 3.16. The molecule has 3 rings (SSSR count). The minimum atomic E-state index is -0.903. The van der Waals surface area contributed by atoms with Crippen LogP contribution in [-0.2, 0) is 17.6 Å². The maximum atomic E-state index is 10.9. The van der Waals surface area contributed by atoms with E-state index in [2.05, 4.69) is 25.9 Å². The average molecular weight is 466 g/mol. The van der Waals surface area contributed by atoms with Crippen LogP contribution in [0.1, 0.15) is 17.0 Å². The van der Waals surface area contributed by atoms with Gasteiger partial charge in [0, 0.05) is 18.7 Å². The molecule has 3 aromatic rings. The van der Waals surface area contributed by atoms with Crippen LogP contribution in [-0.4, -0.2) is 32.5 Å². The van der Waals surface area contributed by atoms with Crippen molar-refractivity contribution in [3.05, 3.63) is 64.6 Å². The van der Waals surface area contributed by atoms with Crippen LogP contribution < -0.4 is 4.74 Å². The van der Waals surface area contributed by atoms with Crippen molar-refractivity contribution in [2.24, 2.45) is 0 Å². The summed E-state index contributed by atoms with van der Waals surface area (Å²) in [4.78, 5) is 19.0. The summed E-state index contributed by atoms with van der Waals surface area (Å²) in [6.07, 6.45) is 2.53. The molecule has 0 saturated carbocycles. The normalized spacial score (nSPS) is 12.0. The Balaban J connectivity index is 1.57. The number of carbonyl (C=O) groups is 1. The van der Waals surface area contributed by atoms with Crippen molar-refractivity contribution in [1.82, 2.24) is 9.97 Å². The Labute approximate surface area is 175 Å². The molecule has 146 valence electrons. The molecule has 1 aromatic carbocycles. The highest BCUT2D eigenvalue weighted by molar-refractivity contribution is 9.10. The number of aryl methyl sites for hydroxylation is 1. The number of carboxylic acid groups (broad SMARTS) is 1. The molecule has 0 aliphatic heterocycles. The van der Waals surface area contributed by atoms with E-state index in [4.69, 9.17) is 25.9 Å². The minimum absolute atomic E-state index is 0.353. The highest BCUT2D eigenvalue weighted by Gasteiger charge is 2.15. The van der Waals surface area contributed by atoms with E-state index in [-0.39, 0.29) is 0 Å². The lowest BCUT2D eigenvalue weighted by Gasteiger charge is -2.07. The van der Waals surface area contributed by atoms with E-state index >= 15 is 0 Å². The smallest absolute Gasteiger partial charge is 0.317 e. The van der Waals surface area contributed by atoms with Crippen molar-refractivity contribution < 1.29 is 19.1 Å². The average Bonchev–Trinajstić information content (AvgIpc) is 3.04. The number of rotatable bonds is 8. The molecule has 8 heteroatoms. The maximum Gasteiger partial charge on any atom is 0.317 e. The predicted molar refractivity (Wildman–Crippen MR) is 109 cm³/mol. The Hall–Kier alpha value is -2.38. The van der Waals surface area contributed by atoms with Crippen molar-refractivity contribution in [2.45, 2.75) is 24.6 Å². The van der Waals surface area contributed by atoms with E-state index in [1.165, 1.54) is 0 Å². The minimum Gasteiger partial charge on any atom is -0.480 e. The Morgan fingerprint density at radius 1 is 1.32 bits per heavy atom. The number of halogens is 2. The van der Waals surface area contributed by atoms with Crippen molar-refractivity contribution in [1.29, 1.82) is 0 Å². The first-order chi connectivity index (χ1) is 13.4. The Morgan fingerprint density at radius 3 is 2.79 bits per heavy atom. The van der Waals surface area contributed by atoms with Gasteiger partial charge in [0.05, 0.1) is 22.9 Å². The molecule has 6 nitrogen and oxygen atoms in total. The van der Waals surface area contributed by atoms with Gasteiger partial charge in [-0.05, 0) is 31.0 Å². The lowest BCUT2D eigenvalue weighted by Crippen LogP contribution is -2.15. The lowest BCUT2D eigenvalue weighted by molar-refractivity contribution is -0.136. The van der Waals surface area contributed by atoms with Gasteiger partial charge in [0.2, 0.25) is 11.8 Å². The number of hydrogen-bond acceptors (Lipinski definition) is 5. The SMILES string of the molecule is Cc1oc(-c2ccccc2Cl)nc1CCOc1ccc(CC(Br)C(=O)O)cn1. The van der Waals surface area contributed by atoms with Gasteiger partial charge in [-0.2, -0.15) is 0 Å². The summed E-state index contributed by atoms with van der Waals surface area (Å²) >= 11 is 9.31. The Kier molecular flexibility index (Phi) is 6.70. The molecule has 28 heavy (non-hydrogen) atoms. The first-order valence-corrected chi connectivity index (χ1v) is 9.89. The standard InChI is InChI=1S/C20H18BrClN2O4/c1-12-17(24-19(28-12)14-4-2-3-5-16(14)22)8-9-27-18-7-6-13(11-23-18)10-15(21)20(25)26/h2-7,11,15H,8-10H2,1H3,(H,25,26). The number of pyridine rings is 1. The first kappa shape index (κ1) is 20.4. The molecule has 0 aliphatic rings. The molecule has 2 heterocycles. The van der Waals surface area contributed by atoms with Gasteiger partial charge in [0.25, 0.3) is 0 Å². The van der Waals surface area contributed by atoms with Crippen molar-refractivity contribution in [3.63, 3.8) is 0 Å². The number of alkyl halides is 1. The summed E-state index contributed by atoms with van der Waals surface area (Å²) in [6, 6.07) is 10.9. The lowest BCUT2D eigenvalue weighted by atomic mass is 10.1. The van der Waals surface area contributed by atoms with Gasteiger partial charge in [-0.25, -0.2) is 9.97 Å². The predicted octanol–water partition coefficient (Wildman–Crippen LogP) is 4.71. The number of hydrogen-bond donors (Lipinski definition) is 1. The number of aliphatic carboxylic acids is 1. The summed E-state index contributed by atoms with van der Waals surface area (Å²) in [7, 11) is 0. The molecule has 0 saturated heterocycles. The van der Waals surface area contributed by atoms with Gasteiger partial charge in [-0.1, -0.05) is 45.7 Å². The molecule has 1 unspecified atom stereocenters. The molecule has 0 spiro atoms. The summed E-state index contributed by atoms with van der Waals surface area (Å²) < 4.78 is 11.4. The molecular formula is C20H18BrClN2O4. The van der Waals surface area contributed by atoms with E-state index < -0.39 is 10.8 Å². The van der Waals surface area contributed by atoms with Crippen molar-refractivity contribution in [3.8, 4) is 17.3 Å². The van der Waals surface area contributed by atoms with Crippen molar-refractivity contribution >= 4 is 33.5 Å². The number of aromatic nitrogens is 2. The molecule has 1 N–H and O–H groups in total. The summed E-state index contributed by atoms with van der Waals surface area (Å²) in [5.41, 5.74) is 2.37. The highest BCUT2D eigenvalue weighted by atomic mass is 79.9. The van der Waals surface area contributed by atoms with Crippen LogP contribution in [0.2, 0.25) is 5.02 Å². The first-order valence-electron chi connectivity index (χ1n) is 8.60. The summed E-state index contributed by atoms with van der Waals surface area (Å²) in [5.74, 6) is 0.777. The second-order valence-electron chi connectivity index (χ2n) is 6.11. The fourth-order valence-electron chi connectivity index (χ4n) is 2.57. The molecule has 1 atom stereocenters. The van der Waals surface area contributed by atoms with Gasteiger partial charge in [0.1, 0.15) is 10.6 Å². The Bertz CT molecular complexity index is 959. The number of oxazole rings is 1. The Morgan fingerprint density at radius 2 is 2.11 bits per heavy atom. The van der Waals surface area contributed by atoms with E-state index in [1.54, 1.807) is 24.4 Å². The second-order valence-corrected chi connectivity index (χ2v) is 7.63. The number of nitrogens with zero attached hydrogens (tertiary/aromatic N) is 2. The van der Waals surface area contributed by atoms with Crippen LogP contribution in [0.25, 0.3) is 11.5 Å². The molecule has 0 amide bonds. The van der Waals surface area contributed by atoms with Gasteiger partial charge in [-0.15, -0.1) is 0 Å². The zero-order valence-electron chi connectivity index (χ0n) is 15.1. The fraction of sp³-hybridized carbons (Fsp3) is 0.250. The molecule has 0 fully saturated rings. The molecule has 2 aromatic heterocycles. The zero-order valence-corrected chi connectivity index (χ0v) is 17.4. The van der Waals surface area contributed by atoms with Crippen LogP contribution in [0, 0.1) is 6.92 Å². The topological polar surface area (TPSA) is 85.5 Å². The highest BCUT2D eigenvalue weighted by Crippen LogP contribution is 2.28. The zero-order chi connectivity index (χ0) is 20.1. The van der Waals surface area contributed by atoms with Gasteiger partial charge in [-0.3, -0.25) is 4.79 Å². The van der Waals surface area contributed by atoms with E-state index in [9.17, 15) is 4.79 Å². The van der Waals surface area contributed by atoms with Gasteiger partial charge < -0.3 is 14.3 Å². The quantitative estimate of drug-likeness (QED) is 0.485. The van der Waals surface area contributed by atoms with E-state index in [0.29, 0.717) is 36.2 Å². The van der Waals surface area contributed by atoms with Crippen LogP contribution in [0.3, 0.4) is 0 Å². The number of ether oxygens (including phenoxy) is 1. The van der Waals surface area contributed by atoms with Crippen molar-refractivity contribution in [2.75, 3.05) is 6.61 Å². The van der Waals surface area contributed by atoms with E-state index in [1.807, 2.05) is 25.1 Å². The van der Waals surface area contributed by atoms with Crippen LogP contribution in [0.15, 0.2) is 47.0 Å². The van der Waals surface area contributed by atoms with Crippen LogP contribution in [0.5, 0.6) is 5.88 Å². The molecule has 0 radical (unpaired) electrons.